The molecule has 0 spiro atoms. The summed E-state index contributed by atoms with van der Waals surface area (Å²) in [7, 11) is 0. The van der Waals surface area contributed by atoms with E-state index >= 15 is 0 Å². The normalized spacial score (nSPS) is 13.2. The number of imidazole rings is 1. The van der Waals surface area contributed by atoms with Gasteiger partial charge >= 0.3 is 0 Å². The molecule has 2 N–H and O–H groups in total. The van der Waals surface area contributed by atoms with Crippen LogP contribution in [0.1, 0.15) is 53.2 Å². The predicted molar refractivity (Wildman–Crippen MR) is 81.3 cm³/mol. The molecular formula is C15H28N4O. The highest BCUT2D eigenvalue weighted by Crippen LogP contribution is 2.05. The van der Waals surface area contributed by atoms with E-state index in [1.165, 1.54) is 0 Å². The van der Waals surface area contributed by atoms with Crippen LogP contribution in [0.4, 0.5) is 0 Å². The van der Waals surface area contributed by atoms with E-state index in [4.69, 9.17) is 0 Å². The zero-order valence-corrected chi connectivity index (χ0v) is 13.4. The van der Waals surface area contributed by atoms with Crippen LogP contribution in [-0.4, -0.2) is 27.0 Å². The van der Waals surface area contributed by atoms with Crippen molar-refractivity contribution < 1.29 is 4.79 Å². The van der Waals surface area contributed by atoms with Gasteiger partial charge in [-0.15, -0.1) is 0 Å². The lowest BCUT2D eigenvalue weighted by Crippen LogP contribution is -2.36. The number of aryl methyl sites for hydroxylation is 1. The molecule has 0 aliphatic carbocycles. The van der Waals surface area contributed by atoms with Crippen LogP contribution in [0.3, 0.4) is 0 Å². The highest BCUT2D eigenvalue weighted by molar-refractivity contribution is 5.76. The van der Waals surface area contributed by atoms with E-state index < -0.39 is 0 Å². The molecule has 5 nitrogen and oxygen atoms in total. The molecule has 0 aromatic carbocycles. The van der Waals surface area contributed by atoms with Crippen molar-refractivity contribution in [1.29, 1.82) is 0 Å². The Morgan fingerprint density at radius 3 is 2.75 bits per heavy atom. The van der Waals surface area contributed by atoms with Crippen LogP contribution >= 0.6 is 0 Å². The van der Waals surface area contributed by atoms with Crippen LogP contribution in [0.2, 0.25) is 0 Å². The Hall–Kier alpha value is -1.36. The topological polar surface area (TPSA) is 59.0 Å². The number of nitrogens with one attached hydrogen (secondary N) is 2. The first-order valence-corrected chi connectivity index (χ1v) is 7.35. The molecule has 0 fully saturated rings. The highest BCUT2D eigenvalue weighted by Gasteiger charge is 2.11. The summed E-state index contributed by atoms with van der Waals surface area (Å²) in [5.74, 6) is 0.0998. The molecule has 0 bridgehead atoms. The van der Waals surface area contributed by atoms with Gasteiger partial charge in [-0.25, -0.2) is 4.98 Å². The average Bonchev–Trinajstić information content (AvgIpc) is 2.80. The van der Waals surface area contributed by atoms with Crippen molar-refractivity contribution in [2.24, 2.45) is 0 Å². The van der Waals surface area contributed by atoms with Crippen LogP contribution in [-0.2, 0) is 17.9 Å². The third-order valence-electron chi connectivity index (χ3n) is 3.20. The van der Waals surface area contributed by atoms with Gasteiger partial charge < -0.3 is 15.2 Å². The lowest BCUT2D eigenvalue weighted by atomic mass is 10.1. The van der Waals surface area contributed by atoms with Gasteiger partial charge in [0.2, 0.25) is 5.91 Å². The summed E-state index contributed by atoms with van der Waals surface area (Å²) >= 11 is 0. The minimum absolute atomic E-state index is 0.0725. The van der Waals surface area contributed by atoms with Gasteiger partial charge in [0.1, 0.15) is 0 Å². The highest BCUT2D eigenvalue weighted by atomic mass is 16.1. The van der Waals surface area contributed by atoms with Crippen LogP contribution in [0.15, 0.2) is 12.5 Å². The van der Waals surface area contributed by atoms with Crippen molar-refractivity contribution >= 4 is 5.91 Å². The number of rotatable bonds is 7. The van der Waals surface area contributed by atoms with Crippen LogP contribution in [0, 0.1) is 0 Å². The van der Waals surface area contributed by atoms with Crippen LogP contribution < -0.4 is 10.6 Å². The molecule has 5 heteroatoms. The summed E-state index contributed by atoms with van der Waals surface area (Å²) < 4.78 is 2.04. The third kappa shape index (κ3) is 6.19. The predicted octanol–water partition coefficient (Wildman–Crippen LogP) is 2.08. The van der Waals surface area contributed by atoms with E-state index in [0.29, 0.717) is 13.0 Å². The number of aromatic nitrogens is 2. The molecule has 0 aliphatic rings. The average molecular weight is 280 g/mol. The number of hydrogen-bond acceptors (Lipinski definition) is 3. The number of carbonyl (C=O) groups is 1. The maximum Gasteiger partial charge on any atom is 0.221 e. The summed E-state index contributed by atoms with van der Waals surface area (Å²) in [6.45, 7) is 11.9. The van der Waals surface area contributed by atoms with Gasteiger partial charge in [-0.2, -0.15) is 0 Å². The van der Waals surface area contributed by atoms with Gasteiger partial charge in [0.15, 0.2) is 0 Å². The lowest BCUT2D eigenvalue weighted by molar-refractivity contribution is -0.121. The molecule has 1 aromatic heterocycles. The first-order valence-electron chi connectivity index (χ1n) is 7.35. The van der Waals surface area contributed by atoms with Gasteiger partial charge in [-0.1, -0.05) is 6.92 Å². The first-order chi connectivity index (χ1) is 9.31. The maximum atomic E-state index is 11.8. The third-order valence-corrected chi connectivity index (χ3v) is 3.20. The first kappa shape index (κ1) is 16.7. The standard InChI is InChI=1S/C15H28N4O/c1-6-12(2)18-14(20)7-8-19-11-16-9-13(19)10-17-15(3,4)5/h9,11-12,17H,6-8,10H2,1-5H3,(H,18,20). The fraction of sp³-hybridized carbons (Fsp3) is 0.733. The summed E-state index contributed by atoms with van der Waals surface area (Å²) in [6.07, 6.45) is 5.09. The number of hydrogen-bond donors (Lipinski definition) is 2. The van der Waals surface area contributed by atoms with Crippen molar-refractivity contribution in [3.8, 4) is 0 Å². The lowest BCUT2D eigenvalue weighted by Gasteiger charge is -2.21. The number of amides is 1. The second-order valence-corrected chi connectivity index (χ2v) is 6.31. The monoisotopic (exact) mass is 280 g/mol. The van der Waals surface area contributed by atoms with Gasteiger partial charge in [0, 0.05) is 37.3 Å². The van der Waals surface area contributed by atoms with Crippen molar-refractivity contribution in [2.45, 2.75) is 72.1 Å². The van der Waals surface area contributed by atoms with Crippen molar-refractivity contribution in [3.63, 3.8) is 0 Å². The van der Waals surface area contributed by atoms with E-state index in [1.54, 1.807) is 6.33 Å². The van der Waals surface area contributed by atoms with Crippen LogP contribution in [0.25, 0.3) is 0 Å². The van der Waals surface area contributed by atoms with Crippen molar-refractivity contribution in [3.05, 3.63) is 18.2 Å². The van der Waals surface area contributed by atoms with E-state index in [1.807, 2.05) is 17.7 Å². The summed E-state index contributed by atoms with van der Waals surface area (Å²) in [5, 5.41) is 6.41. The second kappa shape index (κ2) is 7.43. The minimum Gasteiger partial charge on any atom is -0.354 e. The quantitative estimate of drug-likeness (QED) is 0.804. The van der Waals surface area contributed by atoms with Gasteiger partial charge in [0.25, 0.3) is 0 Å². The van der Waals surface area contributed by atoms with Crippen molar-refractivity contribution in [1.82, 2.24) is 20.2 Å². The smallest absolute Gasteiger partial charge is 0.221 e. The summed E-state index contributed by atoms with van der Waals surface area (Å²) in [5.41, 5.74) is 1.18. The molecule has 1 atom stereocenters. The van der Waals surface area contributed by atoms with Gasteiger partial charge in [-0.05, 0) is 34.1 Å². The Morgan fingerprint density at radius 2 is 2.15 bits per heavy atom. The molecule has 0 radical (unpaired) electrons. The number of nitrogens with zero attached hydrogens (tertiary/aromatic N) is 2. The van der Waals surface area contributed by atoms with Gasteiger partial charge in [0.05, 0.1) is 12.0 Å². The summed E-state index contributed by atoms with van der Waals surface area (Å²) in [6, 6.07) is 0.243. The Balaban J connectivity index is 2.45. The zero-order valence-electron chi connectivity index (χ0n) is 13.4. The molecule has 1 aromatic rings. The number of carbonyl (C=O) groups excluding carboxylic acids is 1. The Morgan fingerprint density at radius 1 is 1.45 bits per heavy atom. The Bertz CT molecular complexity index is 420. The zero-order chi connectivity index (χ0) is 15.2. The Labute approximate surface area is 122 Å². The molecule has 0 aliphatic heterocycles. The van der Waals surface area contributed by atoms with Gasteiger partial charge in [-0.3, -0.25) is 4.79 Å². The second-order valence-electron chi connectivity index (χ2n) is 6.31. The molecule has 0 saturated carbocycles. The van der Waals surface area contributed by atoms with E-state index in [0.717, 1.165) is 18.7 Å². The fourth-order valence-corrected chi connectivity index (χ4v) is 1.72. The van der Waals surface area contributed by atoms with E-state index in [9.17, 15) is 4.79 Å². The molecule has 114 valence electrons. The van der Waals surface area contributed by atoms with E-state index in [-0.39, 0.29) is 17.5 Å². The fourth-order valence-electron chi connectivity index (χ4n) is 1.72. The molecule has 20 heavy (non-hydrogen) atoms. The van der Waals surface area contributed by atoms with Crippen LogP contribution in [0.5, 0.6) is 0 Å². The molecule has 1 amide bonds. The molecule has 1 rings (SSSR count). The maximum absolute atomic E-state index is 11.8. The molecule has 1 heterocycles. The summed E-state index contributed by atoms with van der Waals surface area (Å²) in [4.78, 5) is 15.9. The van der Waals surface area contributed by atoms with Crippen molar-refractivity contribution in [2.75, 3.05) is 0 Å². The minimum atomic E-state index is 0.0725. The molecule has 1 unspecified atom stereocenters. The van der Waals surface area contributed by atoms with E-state index in [2.05, 4.69) is 43.3 Å². The SMILES string of the molecule is CCC(C)NC(=O)CCn1cncc1CNC(C)(C)C. The molecular weight excluding hydrogens is 252 g/mol. The Kier molecular flexibility index (Phi) is 6.20. The largest absolute Gasteiger partial charge is 0.354 e. The molecule has 0 saturated heterocycles.